The van der Waals surface area contributed by atoms with Crippen molar-refractivity contribution in [3.63, 3.8) is 0 Å². The van der Waals surface area contributed by atoms with Gasteiger partial charge in [-0.2, -0.15) is 0 Å². The predicted octanol–water partition coefficient (Wildman–Crippen LogP) is 1.33. The van der Waals surface area contributed by atoms with Gasteiger partial charge in [-0.15, -0.1) is 0 Å². The van der Waals surface area contributed by atoms with Gasteiger partial charge < -0.3 is 10.2 Å². The number of hydrogen-bond donors (Lipinski definition) is 1. The van der Waals surface area contributed by atoms with E-state index < -0.39 is 0 Å². The molecule has 0 saturated carbocycles. The Morgan fingerprint density at radius 3 is 2.77 bits per heavy atom. The lowest BCUT2D eigenvalue weighted by atomic mass is 9.83. The zero-order chi connectivity index (χ0) is 9.31. The molecule has 1 N–H and O–H groups in total. The summed E-state index contributed by atoms with van der Waals surface area (Å²) in [7, 11) is 0. The molecule has 2 heterocycles. The minimum atomic E-state index is 0.580. The van der Waals surface area contributed by atoms with Gasteiger partial charge in [-0.1, -0.05) is 13.8 Å². The number of nitrogens with one attached hydrogen (secondary N) is 1. The highest BCUT2D eigenvalue weighted by molar-refractivity contribution is 4.91. The van der Waals surface area contributed by atoms with Gasteiger partial charge in [0.05, 0.1) is 0 Å². The van der Waals surface area contributed by atoms with Crippen LogP contribution in [0.25, 0.3) is 0 Å². The summed E-state index contributed by atoms with van der Waals surface area (Å²) in [6.07, 6.45) is 2.84. The summed E-state index contributed by atoms with van der Waals surface area (Å²) >= 11 is 0. The van der Waals surface area contributed by atoms with Crippen LogP contribution in [0.3, 0.4) is 0 Å². The Kier molecular flexibility index (Phi) is 2.61. The van der Waals surface area contributed by atoms with Gasteiger partial charge in [0.2, 0.25) is 0 Å². The Labute approximate surface area is 81.7 Å². The first-order chi connectivity index (χ1) is 6.18. The molecule has 2 heteroatoms. The standard InChI is InChI=1S/C11H22N2/c1-10-4-3-5-13(6-10)9-11(2)7-12-8-11/h10,12H,3-9H2,1-2H3. The Morgan fingerprint density at radius 1 is 1.46 bits per heavy atom. The zero-order valence-electron chi connectivity index (χ0n) is 8.97. The summed E-state index contributed by atoms with van der Waals surface area (Å²) in [6, 6.07) is 0. The van der Waals surface area contributed by atoms with E-state index in [1.54, 1.807) is 0 Å². The van der Waals surface area contributed by atoms with Gasteiger partial charge in [-0.3, -0.25) is 0 Å². The van der Waals surface area contributed by atoms with Gasteiger partial charge in [0.25, 0.3) is 0 Å². The first-order valence-electron chi connectivity index (χ1n) is 5.61. The molecule has 0 radical (unpaired) electrons. The molecule has 2 aliphatic heterocycles. The van der Waals surface area contributed by atoms with Crippen molar-refractivity contribution in [3.05, 3.63) is 0 Å². The average Bonchev–Trinajstić information content (AvgIpc) is 2.01. The lowest BCUT2D eigenvalue weighted by Gasteiger charge is -2.44. The van der Waals surface area contributed by atoms with Crippen LogP contribution in [0.1, 0.15) is 26.7 Å². The summed E-state index contributed by atoms with van der Waals surface area (Å²) < 4.78 is 0. The summed E-state index contributed by atoms with van der Waals surface area (Å²) in [5, 5.41) is 3.38. The Balaban J connectivity index is 1.80. The van der Waals surface area contributed by atoms with Crippen LogP contribution < -0.4 is 5.32 Å². The van der Waals surface area contributed by atoms with Crippen LogP contribution in [0.4, 0.5) is 0 Å². The summed E-state index contributed by atoms with van der Waals surface area (Å²) in [5.74, 6) is 0.922. The molecule has 13 heavy (non-hydrogen) atoms. The maximum absolute atomic E-state index is 3.38. The minimum absolute atomic E-state index is 0.580. The highest BCUT2D eigenvalue weighted by Gasteiger charge is 2.34. The van der Waals surface area contributed by atoms with Crippen molar-refractivity contribution >= 4 is 0 Å². The first kappa shape index (κ1) is 9.47. The van der Waals surface area contributed by atoms with E-state index >= 15 is 0 Å². The normalized spacial score (nSPS) is 34.2. The molecule has 2 aliphatic rings. The molecule has 2 nitrogen and oxygen atoms in total. The Bertz CT molecular complexity index is 175. The van der Waals surface area contributed by atoms with Crippen molar-refractivity contribution in [2.75, 3.05) is 32.7 Å². The highest BCUT2D eigenvalue weighted by atomic mass is 15.2. The molecule has 2 rings (SSSR count). The van der Waals surface area contributed by atoms with E-state index in [0.29, 0.717) is 5.41 Å². The van der Waals surface area contributed by atoms with Crippen molar-refractivity contribution in [1.29, 1.82) is 0 Å². The molecule has 1 unspecified atom stereocenters. The average molecular weight is 182 g/mol. The predicted molar refractivity (Wildman–Crippen MR) is 55.8 cm³/mol. The molecule has 0 spiro atoms. The topological polar surface area (TPSA) is 15.3 Å². The third-order valence-electron chi connectivity index (χ3n) is 3.45. The molecule has 0 aliphatic carbocycles. The van der Waals surface area contributed by atoms with Crippen molar-refractivity contribution in [2.24, 2.45) is 11.3 Å². The fraction of sp³-hybridized carbons (Fsp3) is 1.00. The van der Waals surface area contributed by atoms with Gasteiger partial charge in [-0.05, 0) is 25.3 Å². The maximum Gasteiger partial charge on any atom is 0.00598 e. The smallest absolute Gasteiger partial charge is 0.00598 e. The third-order valence-corrected chi connectivity index (χ3v) is 3.45. The van der Waals surface area contributed by atoms with E-state index in [1.807, 2.05) is 0 Å². The van der Waals surface area contributed by atoms with Gasteiger partial charge >= 0.3 is 0 Å². The summed E-state index contributed by atoms with van der Waals surface area (Å²) in [4.78, 5) is 2.66. The van der Waals surface area contributed by atoms with Crippen molar-refractivity contribution in [2.45, 2.75) is 26.7 Å². The molecular weight excluding hydrogens is 160 g/mol. The minimum Gasteiger partial charge on any atom is -0.315 e. The van der Waals surface area contributed by atoms with Crippen molar-refractivity contribution in [1.82, 2.24) is 10.2 Å². The molecule has 76 valence electrons. The number of piperidine rings is 1. The van der Waals surface area contributed by atoms with Gasteiger partial charge in [0, 0.05) is 31.6 Å². The summed E-state index contributed by atoms with van der Waals surface area (Å²) in [5.41, 5.74) is 0.580. The molecule has 2 saturated heterocycles. The Morgan fingerprint density at radius 2 is 2.23 bits per heavy atom. The molecule has 0 bridgehead atoms. The van der Waals surface area contributed by atoms with E-state index in [4.69, 9.17) is 0 Å². The van der Waals surface area contributed by atoms with Crippen LogP contribution in [0.5, 0.6) is 0 Å². The van der Waals surface area contributed by atoms with E-state index in [0.717, 1.165) is 5.92 Å². The second-order valence-corrected chi connectivity index (χ2v) is 5.40. The lowest BCUT2D eigenvalue weighted by molar-refractivity contribution is 0.0799. The molecular formula is C11H22N2. The van der Waals surface area contributed by atoms with Gasteiger partial charge in [0.1, 0.15) is 0 Å². The summed E-state index contributed by atoms with van der Waals surface area (Å²) in [6.45, 7) is 11.2. The highest BCUT2D eigenvalue weighted by Crippen LogP contribution is 2.25. The molecule has 0 amide bonds. The number of rotatable bonds is 2. The molecule has 0 aromatic carbocycles. The fourth-order valence-corrected chi connectivity index (χ4v) is 2.63. The van der Waals surface area contributed by atoms with Crippen LogP contribution >= 0.6 is 0 Å². The van der Waals surface area contributed by atoms with Crippen LogP contribution in [-0.2, 0) is 0 Å². The zero-order valence-corrected chi connectivity index (χ0v) is 8.97. The van der Waals surface area contributed by atoms with Crippen LogP contribution in [0.15, 0.2) is 0 Å². The SMILES string of the molecule is CC1CCCN(CC2(C)CNC2)C1. The number of likely N-dealkylation sites (tertiary alicyclic amines) is 1. The van der Waals surface area contributed by atoms with E-state index in [2.05, 4.69) is 24.1 Å². The largest absolute Gasteiger partial charge is 0.315 e. The van der Waals surface area contributed by atoms with Crippen LogP contribution in [0.2, 0.25) is 0 Å². The molecule has 1 atom stereocenters. The number of nitrogens with zero attached hydrogens (tertiary/aromatic N) is 1. The monoisotopic (exact) mass is 182 g/mol. The van der Waals surface area contributed by atoms with Crippen LogP contribution in [-0.4, -0.2) is 37.6 Å². The molecule has 0 aromatic rings. The fourth-order valence-electron chi connectivity index (χ4n) is 2.63. The van der Waals surface area contributed by atoms with E-state index in [9.17, 15) is 0 Å². The first-order valence-corrected chi connectivity index (χ1v) is 5.61. The van der Waals surface area contributed by atoms with E-state index in [1.165, 1.54) is 45.6 Å². The lowest BCUT2D eigenvalue weighted by Crippen LogP contribution is -2.57. The number of hydrogen-bond acceptors (Lipinski definition) is 2. The quantitative estimate of drug-likeness (QED) is 0.693. The van der Waals surface area contributed by atoms with Gasteiger partial charge in [0.15, 0.2) is 0 Å². The van der Waals surface area contributed by atoms with Crippen LogP contribution in [0, 0.1) is 11.3 Å². The second-order valence-electron chi connectivity index (χ2n) is 5.40. The van der Waals surface area contributed by atoms with E-state index in [-0.39, 0.29) is 0 Å². The Hall–Kier alpha value is -0.0800. The molecule has 2 fully saturated rings. The second kappa shape index (κ2) is 3.58. The molecule has 0 aromatic heterocycles. The van der Waals surface area contributed by atoms with Crippen molar-refractivity contribution in [3.8, 4) is 0 Å². The third kappa shape index (κ3) is 2.23. The van der Waals surface area contributed by atoms with Gasteiger partial charge in [-0.25, -0.2) is 0 Å². The maximum atomic E-state index is 3.38. The van der Waals surface area contributed by atoms with Crippen molar-refractivity contribution < 1.29 is 0 Å².